The monoisotopic (exact) mass is 314 g/mol. The smallest absolute Gasteiger partial charge is 0.141 e. The Balaban J connectivity index is 2.02. The third kappa shape index (κ3) is 2.17. The molecule has 5 heteroatoms. The van der Waals surface area contributed by atoms with Crippen molar-refractivity contribution in [2.75, 3.05) is 0 Å². The highest BCUT2D eigenvalue weighted by Gasteiger charge is 2.16. The van der Waals surface area contributed by atoms with Gasteiger partial charge >= 0.3 is 0 Å². The summed E-state index contributed by atoms with van der Waals surface area (Å²) in [6.45, 7) is 3.83. The van der Waals surface area contributed by atoms with Crippen LogP contribution in [0.1, 0.15) is 17.0 Å². The Morgan fingerprint density at radius 3 is 2.75 bits per heavy atom. The van der Waals surface area contributed by atoms with E-state index in [0.717, 1.165) is 44.7 Å². The first-order valence-corrected chi connectivity index (χ1v) is 7.58. The fourth-order valence-electron chi connectivity index (χ4n) is 3.07. The molecule has 0 fully saturated rings. The number of nitrogens with zero attached hydrogens (tertiary/aromatic N) is 3. The second-order valence-electron chi connectivity index (χ2n) is 5.71. The number of imidazole rings is 1. The van der Waals surface area contributed by atoms with Crippen LogP contribution in [0.15, 0.2) is 47.2 Å². The molecule has 0 radical (unpaired) electrons. The Bertz CT molecular complexity index is 1080. The summed E-state index contributed by atoms with van der Waals surface area (Å²) in [6.07, 6.45) is 1.68. The number of aromatic nitrogens is 3. The van der Waals surface area contributed by atoms with E-state index in [1.165, 1.54) is 0 Å². The van der Waals surface area contributed by atoms with E-state index < -0.39 is 0 Å². The van der Waals surface area contributed by atoms with Crippen LogP contribution in [0.4, 0.5) is 0 Å². The summed E-state index contributed by atoms with van der Waals surface area (Å²) in [5.74, 6) is 0.781. The van der Waals surface area contributed by atoms with E-state index in [2.05, 4.69) is 27.3 Å². The van der Waals surface area contributed by atoms with Crippen molar-refractivity contribution >= 4 is 11.0 Å². The first-order valence-electron chi connectivity index (χ1n) is 7.58. The van der Waals surface area contributed by atoms with Crippen LogP contribution in [-0.2, 0) is 0 Å². The molecule has 5 nitrogen and oxygen atoms in total. The number of benzene rings is 2. The zero-order valence-corrected chi connectivity index (χ0v) is 13.3. The molecule has 0 aliphatic carbocycles. The molecule has 0 saturated carbocycles. The Morgan fingerprint density at radius 2 is 2.00 bits per heavy atom. The number of H-pyrrole nitrogens is 1. The lowest BCUT2D eigenvalue weighted by atomic mass is 9.96. The molecule has 0 amide bonds. The maximum atomic E-state index is 9.17. The summed E-state index contributed by atoms with van der Waals surface area (Å²) in [6, 6.07) is 13.9. The molecule has 0 atom stereocenters. The highest BCUT2D eigenvalue weighted by molar-refractivity contribution is 5.96. The Hall–Kier alpha value is -3.39. The summed E-state index contributed by atoms with van der Waals surface area (Å²) in [4.78, 5) is 7.61. The van der Waals surface area contributed by atoms with Crippen molar-refractivity contribution in [2.45, 2.75) is 13.8 Å². The number of hydrogen-bond acceptors (Lipinski definition) is 4. The average Bonchev–Trinajstić information content (AvgIpc) is 3.20. The van der Waals surface area contributed by atoms with Crippen LogP contribution in [0, 0.1) is 25.2 Å². The largest absolute Gasteiger partial charge is 0.361 e. The minimum Gasteiger partial charge on any atom is -0.361 e. The molecule has 2 heterocycles. The van der Waals surface area contributed by atoms with Gasteiger partial charge in [-0.05, 0) is 49.2 Å². The zero-order valence-electron chi connectivity index (χ0n) is 13.3. The van der Waals surface area contributed by atoms with E-state index in [1.54, 1.807) is 12.4 Å². The molecule has 4 aromatic rings. The van der Waals surface area contributed by atoms with Crippen molar-refractivity contribution < 1.29 is 4.52 Å². The van der Waals surface area contributed by atoms with Gasteiger partial charge in [-0.3, -0.25) is 0 Å². The maximum Gasteiger partial charge on any atom is 0.141 e. The number of hydrogen-bond donors (Lipinski definition) is 1. The minimum absolute atomic E-state index is 0.624. The molecular weight excluding hydrogens is 300 g/mol. The molecule has 2 aromatic heterocycles. The van der Waals surface area contributed by atoms with Crippen LogP contribution in [0.3, 0.4) is 0 Å². The molecule has 0 bridgehead atoms. The van der Waals surface area contributed by atoms with Crippen molar-refractivity contribution in [2.24, 2.45) is 0 Å². The highest BCUT2D eigenvalue weighted by atomic mass is 16.5. The van der Waals surface area contributed by atoms with Crippen molar-refractivity contribution in [1.82, 2.24) is 15.1 Å². The fraction of sp³-hybridized carbons (Fsp3) is 0.105. The van der Waals surface area contributed by atoms with Gasteiger partial charge in [-0.25, -0.2) is 4.98 Å². The normalized spacial score (nSPS) is 10.9. The van der Waals surface area contributed by atoms with E-state index >= 15 is 0 Å². The van der Waals surface area contributed by atoms with Gasteiger partial charge in [0, 0.05) is 11.1 Å². The van der Waals surface area contributed by atoms with Crippen LogP contribution in [0.2, 0.25) is 0 Å². The Morgan fingerprint density at radius 1 is 1.12 bits per heavy atom. The van der Waals surface area contributed by atoms with Crippen LogP contribution >= 0.6 is 0 Å². The fourth-order valence-corrected chi connectivity index (χ4v) is 3.07. The molecule has 0 saturated heterocycles. The summed E-state index contributed by atoms with van der Waals surface area (Å²) >= 11 is 0. The number of rotatable bonds is 2. The van der Waals surface area contributed by atoms with E-state index in [1.807, 2.05) is 38.1 Å². The first-order chi connectivity index (χ1) is 11.7. The quantitative estimate of drug-likeness (QED) is 0.595. The van der Waals surface area contributed by atoms with E-state index in [4.69, 9.17) is 9.78 Å². The second-order valence-corrected chi connectivity index (χ2v) is 5.71. The number of aryl methyl sites for hydroxylation is 2. The van der Waals surface area contributed by atoms with Crippen LogP contribution < -0.4 is 0 Å². The molecule has 116 valence electrons. The van der Waals surface area contributed by atoms with Gasteiger partial charge < -0.3 is 9.51 Å². The first kappa shape index (κ1) is 14.2. The van der Waals surface area contributed by atoms with Gasteiger partial charge in [0.2, 0.25) is 0 Å². The molecule has 0 unspecified atom stereocenters. The summed E-state index contributed by atoms with van der Waals surface area (Å²) in [5.41, 5.74) is 7.22. The molecule has 1 N–H and O–H groups in total. The average molecular weight is 314 g/mol. The van der Waals surface area contributed by atoms with Gasteiger partial charge in [0.25, 0.3) is 0 Å². The van der Waals surface area contributed by atoms with Gasteiger partial charge in [-0.15, -0.1) is 0 Å². The standard InChI is InChI=1S/C19H14N4O/c1-11-18(12(2)24-23-11)15-7-16(19-17(8-15)21-10-22-19)14-5-3-4-13(6-14)9-20/h3-8,10H,1-2H3,(H,21,22). The second kappa shape index (κ2) is 5.36. The van der Waals surface area contributed by atoms with Crippen LogP contribution in [-0.4, -0.2) is 15.1 Å². The van der Waals surface area contributed by atoms with E-state index in [-0.39, 0.29) is 0 Å². The lowest BCUT2D eigenvalue weighted by molar-refractivity contribution is 0.393. The zero-order chi connectivity index (χ0) is 16.7. The van der Waals surface area contributed by atoms with Gasteiger partial charge in [0.15, 0.2) is 0 Å². The molecule has 24 heavy (non-hydrogen) atoms. The predicted molar refractivity (Wildman–Crippen MR) is 91.2 cm³/mol. The van der Waals surface area contributed by atoms with E-state index in [9.17, 15) is 0 Å². The van der Waals surface area contributed by atoms with Gasteiger partial charge in [0.05, 0.1) is 34.7 Å². The van der Waals surface area contributed by atoms with Crippen LogP contribution in [0.25, 0.3) is 33.3 Å². The molecule has 0 aliphatic heterocycles. The Kier molecular flexibility index (Phi) is 3.17. The van der Waals surface area contributed by atoms with Crippen molar-refractivity contribution in [3.8, 4) is 28.3 Å². The minimum atomic E-state index is 0.624. The molecule has 2 aromatic carbocycles. The third-order valence-corrected chi connectivity index (χ3v) is 4.15. The number of nitriles is 1. The molecular formula is C19H14N4O. The van der Waals surface area contributed by atoms with Gasteiger partial charge in [-0.1, -0.05) is 17.3 Å². The van der Waals surface area contributed by atoms with Crippen molar-refractivity contribution in [3.63, 3.8) is 0 Å². The third-order valence-electron chi connectivity index (χ3n) is 4.15. The SMILES string of the molecule is Cc1noc(C)c1-c1cc(-c2cccc(C#N)c2)c2nc[nH]c2c1. The summed E-state index contributed by atoms with van der Waals surface area (Å²) in [5, 5.41) is 13.2. The number of aromatic amines is 1. The van der Waals surface area contributed by atoms with Crippen LogP contribution in [0.5, 0.6) is 0 Å². The summed E-state index contributed by atoms with van der Waals surface area (Å²) < 4.78 is 5.31. The maximum absolute atomic E-state index is 9.17. The Labute approximate surface area is 138 Å². The molecule has 0 aliphatic rings. The summed E-state index contributed by atoms with van der Waals surface area (Å²) in [7, 11) is 0. The predicted octanol–water partition coefficient (Wildman–Crippen LogP) is 4.37. The number of nitrogens with one attached hydrogen (secondary N) is 1. The molecule has 0 spiro atoms. The molecule has 4 rings (SSSR count). The lowest BCUT2D eigenvalue weighted by Crippen LogP contribution is -1.88. The highest BCUT2D eigenvalue weighted by Crippen LogP contribution is 2.35. The number of fused-ring (bicyclic) bond motifs is 1. The topological polar surface area (TPSA) is 78.5 Å². The van der Waals surface area contributed by atoms with Gasteiger partial charge in [0.1, 0.15) is 5.76 Å². The van der Waals surface area contributed by atoms with E-state index in [0.29, 0.717) is 5.56 Å². The lowest BCUT2D eigenvalue weighted by Gasteiger charge is -2.08. The van der Waals surface area contributed by atoms with Gasteiger partial charge in [-0.2, -0.15) is 5.26 Å². The van der Waals surface area contributed by atoms with Crippen molar-refractivity contribution in [3.05, 3.63) is 59.7 Å². The van der Waals surface area contributed by atoms with Crippen molar-refractivity contribution in [1.29, 1.82) is 5.26 Å².